The van der Waals surface area contributed by atoms with Gasteiger partial charge in [0, 0.05) is 5.56 Å². The van der Waals surface area contributed by atoms with Crippen molar-refractivity contribution in [3.63, 3.8) is 0 Å². The van der Waals surface area contributed by atoms with Crippen molar-refractivity contribution in [1.29, 1.82) is 0 Å². The highest BCUT2D eigenvalue weighted by atomic mass is 79.9. The number of alkyl halides is 2. The predicted octanol–water partition coefficient (Wildman–Crippen LogP) is 5.40. The van der Waals surface area contributed by atoms with E-state index in [0.717, 1.165) is 5.56 Å². The number of hydrogen-bond donors (Lipinski definition) is 0. The Bertz CT molecular complexity index is 485. The van der Waals surface area contributed by atoms with Crippen LogP contribution in [0.3, 0.4) is 0 Å². The Morgan fingerprint density at radius 1 is 0.765 bits per heavy atom. The lowest BCUT2D eigenvalue weighted by atomic mass is 10.0. The molecule has 0 heterocycles. The van der Waals surface area contributed by atoms with Gasteiger partial charge in [-0.05, 0) is 11.6 Å². The molecular weight excluding hydrogens is 347 g/mol. The molecule has 0 radical (unpaired) electrons. The van der Waals surface area contributed by atoms with Gasteiger partial charge in [-0.2, -0.15) is 0 Å². The Morgan fingerprint density at radius 3 is 2.00 bits per heavy atom. The maximum absolute atomic E-state index is 13.7. The van der Waals surface area contributed by atoms with E-state index in [2.05, 4.69) is 31.9 Å². The van der Waals surface area contributed by atoms with Gasteiger partial charge in [-0.15, -0.1) is 0 Å². The Kier molecular flexibility index (Phi) is 4.35. The molecule has 2 atom stereocenters. The summed E-state index contributed by atoms with van der Waals surface area (Å²) in [5.41, 5.74) is 1.79. The first-order chi connectivity index (χ1) is 8.20. The molecule has 2 aromatic rings. The summed E-state index contributed by atoms with van der Waals surface area (Å²) >= 11 is 7.16. The second-order valence-corrected chi connectivity index (χ2v) is 5.71. The summed E-state index contributed by atoms with van der Waals surface area (Å²) < 4.78 is 13.7. The van der Waals surface area contributed by atoms with Crippen LogP contribution < -0.4 is 0 Å². The van der Waals surface area contributed by atoms with Crippen molar-refractivity contribution in [2.75, 3.05) is 0 Å². The SMILES string of the molecule is Fc1ccccc1C(Br)C(Br)c1ccccc1. The highest BCUT2D eigenvalue weighted by Gasteiger charge is 2.21. The van der Waals surface area contributed by atoms with Crippen LogP contribution in [-0.2, 0) is 0 Å². The van der Waals surface area contributed by atoms with Crippen LogP contribution in [0.2, 0.25) is 0 Å². The molecule has 0 saturated carbocycles. The molecule has 2 aromatic carbocycles. The lowest BCUT2D eigenvalue weighted by Crippen LogP contribution is -2.01. The zero-order chi connectivity index (χ0) is 12.3. The monoisotopic (exact) mass is 356 g/mol. The first-order valence-corrected chi connectivity index (χ1v) is 7.11. The van der Waals surface area contributed by atoms with Gasteiger partial charge in [0.25, 0.3) is 0 Å². The van der Waals surface area contributed by atoms with Gasteiger partial charge in [-0.1, -0.05) is 80.4 Å². The number of benzene rings is 2. The quantitative estimate of drug-likeness (QED) is 0.645. The Labute approximate surface area is 117 Å². The van der Waals surface area contributed by atoms with E-state index in [1.807, 2.05) is 36.4 Å². The molecule has 0 nitrogen and oxygen atoms in total. The molecule has 0 bridgehead atoms. The normalized spacial score (nSPS) is 14.3. The van der Waals surface area contributed by atoms with E-state index in [-0.39, 0.29) is 15.5 Å². The average Bonchev–Trinajstić information content (AvgIpc) is 2.39. The Balaban J connectivity index is 2.27. The van der Waals surface area contributed by atoms with Crippen LogP contribution in [0.1, 0.15) is 20.8 Å². The molecule has 3 heteroatoms. The molecule has 0 amide bonds. The van der Waals surface area contributed by atoms with E-state index < -0.39 is 0 Å². The minimum Gasteiger partial charge on any atom is -0.207 e. The molecule has 0 aromatic heterocycles. The van der Waals surface area contributed by atoms with E-state index in [9.17, 15) is 4.39 Å². The first-order valence-electron chi connectivity index (χ1n) is 5.27. The predicted molar refractivity (Wildman–Crippen MR) is 76.2 cm³/mol. The van der Waals surface area contributed by atoms with E-state index in [4.69, 9.17) is 0 Å². The van der Waals surface area contributed by atoms with Crippen LogP contribution in [0.15, 0.2) is 54.6 Å². The molecular formula is C14H11Br2F. The van der Waals surface area contributed by atoms with Crippen molar-refractivity contribution in [2.24, 2.45) is 0 Å². The molecule has 88 valence electrons. The molecule has 0 aliphatic carbocycles. The molecule has 0 spiro atoms. The smallest absolute Gasteiger partial charge is 0.127 e. The van der Waals surface area contributed by atoms with Crippen molar-refractivity contribution in [3.05, 3.63) is 71.5 Å². The van der Waals surface area contributed by atoms with Crippen molar-refractivity contribution in [1.82, 2.24) is 0 Å². The molecule has 0 fully saturated rings. The third-order valence-electron chi connectivity index (χ3n) is 2.58. The standard InChI is InChI=1S/C14H11Br2F/c15-13(10-6-2-1-3-7-10)14(16)11-8-4-5-9-12(11)17/h1-9,13-14H. The largest absolute Gasteiger partial charge is 0.207 e. The summed E-state index contributed by atoms with van der Waals surface area (Å²) in [7, 11) is 0. The van der Waals surface area contributed by atoms with Crippen LogP contribution in [-0.4, -0.2) is 0 Å². The van der Waals surface area contributed by atoms with Crippen LogP contribution in [0.4, 0.5) is 4.39 Å². The third-order valence-corrected chi connectivity index (χ3v) is 5.37. The summed E-state index contributed by atoms with van der Waals surface area (Å²) in [6, 6.07) is 16.8. The van der Waals surface area contributed by atoms with E-state index in [0.29, 0.717) is 5.56 Å². The zero-order valence-corrected chi connectivity index (χ0v) is 12.2. The van der Waals surface area contributed by atoms with Crippen LogP contribution >= 0.6 is 31.9 Å². The van der Waals surface area contributed by atoms with Crippen molar-refractivity contribution in [2.45, 2.75) is 9.65 Å². The number of halogens is 3. The summed E-state index contributed by atoms with van der Waals surface area (Å²) in [5.74, 6) is -0.185. The van der Waals surface area contributed by atoms with Crippen LogP contribution in [0, 0.1) is 5.82 Å². The van der Waals surface area contributed by atoms with Gasteiger partial charge in [0.05, 0.1) is 9.65 Å². The van der Waals surface area contributed by atoms with Crippen molar-refractivity contribution < 1.29 is 4.39 Å². The van der Waals surface area contributed by atoms with E-state index in [1.54, 1.807) is 12.1 Å². The molecule has 2 unspecified atom stereocenters. The summed E-state index contributed by atoms with van der Waals surface area (Å²) in [4.78, 5) is -0.0494. The fraction of sp³-hybridized carbons (Fsp3) is 0.143. The van der Waals surface area contributed by atoms with Gasteiger partial charge in [0.15, 0.2) is 0 Å². The van der Waals surface area contributed by atoms with Gasteiger partial charge < -0.3 is 0 Å². The second-order valence-electron chi connectivity index (χ2n) is 3.74. The fourth-order valence-electron chi connectivity index (χ4n) is 1.66. The maximum atomic E-state index is 13.7. The second kappa shape index (κ2) is 5.78. The highest BCUT2D eigenvalue weighted by molar-refractivity contribution is 9.12. The minimum absolute atomic E-state index is 0.0422. The van der Waals surface area contributed by atoms with Gasteiger partial charge >= 0.3 is 0 Å². The molecule has 2 rings (SSSR count). The summed E-state index contributed by atoms with van der Waals surface area (Å²) in [5, 5.41) is 0. The van der Waals surface area contributed by atoms with Gasteiger partial charge in [0.2, 0.25) is 0 Å². The molecule has 0 aliphatic rings. The number of hydrogen-bond acceptors (Lipinski definition) is 0. The number of rotatable bonds is 3. The van der Waals surface area contributed by atoms with Crippen LogP contribution in [0.5, 0.6) is 0 Å². The highest BCUT2D eigenvalue weighted by Crippen LogP contribution is 2.42. The fourth-order valence-corrected chi connectivity index (χ4v) is 2.93. The minimum atomic E-state index is -0.185. The topological polar surface area (TPSA) is 0 Å². The average molecular weight is 358 g/mol. The van der Waals surface area contributed by atoms with Crippen molar-refractivity contribution in [3.8, 4) is 0 Å². The zero-order valence-electron chi connectivity index (χ0n) is 8.98. The lowest BCUT2D eigenvalue weighted by Gasteiger charge is -2.18. The third kappa shape index (κ3) is 2.96. The molecule has 0 saturated heterocycles. The Hall–Kier alpha value is -0.670. The lowest BCUT2D eigenvalue weighted by molar-refractivity contribution is 0.607. The van der Waals surface area contributed by atoms with Gasteiger partial charge in [-0.3, -0.25) is 0 Å². The molecule has 17 heavy (non-hydrogen) atoms. The van der Waals surface area contributed by atoms with Crippen molar-refractivity contribution >= 4 is 31.9 Å². The van der Waals surface area contributed by atoms with Gasteiger partial charge in [0.1, 0.15) is 5.82 Å². The van der Waals surface area contributed by atoms with Gasteiger partial charge in [-0.25, -0.2) is 4.39 Å². The summed E-state index contributed by atoms with van der Waals surface area (Å²) in [6.07, 6.45) is 0. The van der Waals surface area contributed by atoms with E-state index >= 15 is 0 Å². The molecule has 0 aliphatic heterocycles. The summed E-state index contributed by atoms with van der Waals surface area (Å²) in [6.45, 7) is 0. The van der Waals surface area contributed by atoms with Crippen LogP contribution in [0.25, 0.3) is 0 Å². The van der Waals surface area contributed by atoms with E-state index in [1.165, 1.54) is 6.07 Å². The Morgan fingerprint density at radius 2 is 1.35 bits per heavy atom. The first kappa shape index (κ1) is 12.8. The molecule has 0 N–H and O–H groups in total. The maximum Gasteiger partial charge on any atom is 0.127 e.